The molecular formula is C9H9F2NO3. The first kappa shape index (κ1) is 11.2. The Labute approximate surface area is 84.3 Å². The van der Waals surface area contributed by atoms with Crippen LogP contribution in [-0.4, -0.2) is 17.7 Å². The first-order valence-corrected chi connectivity index (χ1v) is 4.02. The zero-order valence-electron chi connectivity index (χ0n) is 7.88. The molecule has 4 nitrogen and oxygen atoms in total. The lowest BCUT2D eigenvalue weighted by Crippen LogP contribution is -2.12. The Bertz CT molecular complexity index is 381. The van der Waals surface area contributed by atoms with Gasteiger partial charge in [0.1, 0.15) is 11.5 Å². The third-order valence-corrected chi connectivity index (χ3v) is 1.79. The van der Waals surface area contributed by atoms with Crippen LogP contribution in [0.3, 0.4) is 0 Å². The van der Waals surface area contributed by atoms with Crippen molar-refractivity contribution >= 4 is 11.7 Å². The zero-order valence-corrected chi connectivity index (χ0v) is 7.88. The van der Waals surface area contributed by atoms with Gasteiger partial charge in [0, 0.05) is 11.6 Å². The highest BCUT2D eigenvalue weighted by molar-refractivity contribution is 5.69. The summed E-state index contributed by atoms with van der Waals surface area (Å²) in [4.78, 5) is 10.2. The van der Waals surface area contributed by atoms with Crippen LogP contribution in [0.5, 0.6) is 5.75 Å². The molecule has 6 heteroatoms. The van der Waals surface area contributed by atoms with E-state index in [1.165, 1.54) is 6.92 Å². The van der Waals surface area contributed by atoms with Gasteiger partial charge in [-0.25, -0.2) is 13.6 Å². The third-order valence-electron chi connectivity index (χ3n) is 1.79. The second-order valence-corrected chi connectivity index (χ2v) is 2.89. The van der Waals surface area contributed by atoms with Crippen LogP contribution in [0.25, 0.3) is 0 Å². The molecule has 15 heavy (non-hydrogen) atoms. The minimum atomic E-state index is -1.25. The fourth-order valence-electron chi connectivity index (χ4n) is 1.04. The standard InChI is InChI=1S/C9H9F2NO3/c1-4-5(10)2-6(11)8(12)9(4)15-3-7(13)14/h2H,3,12H2,1H3,(H,13,14). The van der Waals surface area contributed by atoms with Crippen LogP contribution in [-0.2, 0) is 4.79 Å². The summed E-state index contributed by atoms with van der Waals surface area (Å²) >= 11 is 0. The second kappa shape index (κ2) is 4.12. The van der Waals surface area contributed by atoms with Gasteiger partial charge in [0.2, 0.25) is 0 Å². The van der Waals surface area contributed by atoms with E-state index in [1.807, 2.05) is 0 Å². The minimum absolute atomic E-state index is 0.0184. The maximum Gasteiger partial charge on any atom is 0.341 e. The number of carboxylic acids is 1. The number of rotatable bonds is 3. The van der Waals surface area contributed by atoms with Gasteiger partial charge in [-0.1, -0.05) is 0 Å². The van der Waals surface area contributed by atoms with Crippen LogP contribution < -0.4 is 10.5 Å². The maximum atomic E-state index is 13.0. The normalized spacial score (nSPS) is 10.1. The van der Waals surface area contributed by atoms with Gasteiger partial charge in [0.05, 0.1) is 0 Å². The van der Waals surface area contributed by atoms with E-state index in [1.54, 1.807) is 0 Å². The van der Waals surface area contributed by atoms with Crippen molar-refractivity contribution in [1.82, 2.24) is 0 Å². The Morgan fingerprint density at radius 2 is 2.13 bits per heavy atom. The number of nitrogen functional groups attached to an aromatic ring is 1. The smallest absolute Gasteiger partial charge is 0.341 e. The Morgan fingerprint density at radius 3 is 2.67 bits per heavy atom. The number of halogens is 2. The molecule has 0 atom stereocenters. The molecular weight excluding hydrogens is 208 g/mol. The van der Waals surface area contributed by atoms with Gasteiger partial charge in [0.25, 0.3) is 0 Å². The first-order valence-electron chi connectivity index (χ1n) is 4.02. The summed E-state index contributed by atoms with van der Waals surface area (Å²) in [6.07, 6.45) is 0. The summed E-state index contributed by atoms with van der Waals surface area (Å²) in [5.41, 5.74) is 4.87. The largest absolute Gasteiger partial charge is 0.479 e. The maximum absolute atomic E-state index is 13.0. The van der Waals surface area contributed by atoms with Crippen LogP contribution in [0.2, 0.25) is 0 Å². The fourth-order valence-corrected chi connectivity index (χ4v) is 1.04. The van der Waals surface area contributed by atoms with Gasteiger partial charge in [-0.3, -0.25) is 0 Å². The molecule has 1 aromatic carbocycles. The number of carboxylic acid groups (broad SMARTS) is 1. The number of nitrogens with two attached hydrogens (primary N) is 1. The molecule has 1 aromatic rings. The number of hydrogen-bond donors (Lipinski definition) is 2. The lowest BCUT2D eigenvalue weighted by atomic mass is 10.1. The highest BCUT2D eigenvalue weighted by Gasteiger charge is 2.15. The predicted octanol–water partition coefficient (Wildman–Crippen LogP) is 1.32. The Morgan fingerprint density at radius 1 is 1.53 bits per heavy atom. The number of benzene rings is 1. The molecule has 0 aliphatic rings. The van der Waals surface area contributed by atoms with E-state index in [2.05, 4.69) is 4.74 Å². The molecule has 0 bridgehead atoms. The van der Waals surface area contributed by atoms with E-state index >= 15 is 0 Å². The number of aliphatic carboxylic acids is 1. The minimum Gasteiger partial charge on any atom is -0.479 e. The summed E-state index contributed by atoms with van der Waals surface area (Å²) in [6, 6.07) is 0.623. The molecule has 0 aliphatic heterocycles. The number of anilines is 1. The molecule has 0 aliphatic carbocycles. The summed E-state index contributed by atoms with van der Waals surface area (Å²) in [6.45, 7) is 0.621. The van der Waals surface area contributed by atoms with E-state index in [9.17, 15) is 13.6 Å². The van der Waals surface area contributed by atoms with E-state index in [-0.39, 0.29) is 11.3 Å². The van der Waals surface area contributed by atoms with Gasteiger partial charge >= 0.3 is 5.97 Å². The summed E-state index contributed by atoms with van der Waals surface area (Å²) in [5.74, 6) is -3.33. The van der Waals surface area contributed by atoms with Crippen molar-refractivity contribution < 1.29 is 23.4 Å². The number of hydrogen-bond acceptors (Lipinski definition) is 3. The van der Waals surface area contributed by atoms with Gasteiger partial charge in [0.15, 0.2) is 18.2 Å². The predicted molar refractivity (Wildman–Crippen MR) is 48.6 cm³/mol. The lowest BCUT2D eigenvalue weighted by molar-refractivity contribution is -0.139. The average Bonchev–Trinajstić information content (AvgIpc) is 2.14. The van der Waals surface area contributed by atoms with Gasteiger partial charge in [-0.2, -0.15) is 0 Å². The summed E-state index contributed by atoms with van der Waals surface area (Å²) < 4.78 is 30.7. The molecule has 0 amide bonds. The molecule has 3 N–H and O–H groups in total. The van der Waals surface area contributed by atoms with Crippen molar-refractivity contribution in [2.75, 3.05) is 12.3 Å². The molecule has 0 radical (unpaired) electrons. The van der Waals surface area contributed by atoms with Crippen LogP contribution in [0, 0.1) is 18.6 Å². The van der Waals surface area contributed by atoms with Crippen molar-refractivity contribution in [3.05, 3.63) is 23.3 Å². The Kier molecular flexibility index (Phi) is 3.08. The van der Waals surface area contributed by atoms with E-state index in [0.717, 1.165) is 0 Å². The molecule has 0 heterocycles. The molecule has 0 saturated heterocycles. The third kappa shape index (κ3) is 2.34. The highest BCUT2D eigenvalue weighted by Crippen LogP contribution is 2.30. The molecule has 82 valence electrons. The monoisotopic (exact) mass is 217 g/mol. The van der Waals surface area contributed by atoms with Crippen molar-refractivity contribution in [2.24, 2.45) is 0 Å². The van der Waals surface area contributed by atoms with Crippen molar-refractivity contribution in [2.45, 2.75) is 6.92 Å². The zero-order chi connectivity index (χ0) is 11.6. The fraction of sp³-hybridized carbons (Fsp3) is 0.222. The van der Waals surface area contributed by atoms with Crippen LogP contribution in [0.15, 0.2) is 6.07 Å². The van der Waals surface area contributed by atoms with Crippen LogP contribution in [0.1, 0.15) is 5.56 Å². The van der Waals surface area contributed by atoms with Crippen LogP contribution >= 0.6 is 0 Å². The van der Waals surface area contributed by atoms with E-state index < -0.39 is 29.9 Å². The van der Waals surface area contributed by atoms with Gasteiger partial charge in [-0.15, -0.1) is 0 Å². The molecule has 0 saturated carbocycles. The molecule has 0 spiro atoms. The molecule has 0 aromatic heterocycles. The Hall–Kier alpha value is -1.85. The Balaban J connectivity index is 3.09. The lowest BCUT2D eigenvalue weighted by Gasteiger charge is -2.11. The van der Waals surface area contributed by atoms with Gasteiger partial charge in [-0.05, 0) is 6.92 Å². The molecule has 0 fully saturated rings. The second-order valence-electron chi connectivity index (χ2n) is 2.89. The first-order chi connectivity index (χ1) is 6.93. The van der Waals surface area contributed by atoms with Crippen LogP contribution in [0.4, 0.5) is 14.5 Å². The average molecular weight is 217 g/mol. The number of carbonyl (C=O) groups is 1. The summed E-state index contributed by atoms with van der Waals surface area (Å²) in [5, 5.41) is 8.34. The molecule has 0 unspecified atom stereocenters. The van der Waals surface area contributed by atoms with E-state index in [4.69, 9.17) is 10.8 Å². The molecule has 1 rings (SSSR count). The van der Waals surface area contributed by atoms with Crippen molar-refractivity contribution in [3.8, 4) is 5.75 Å². The van der Waals surface area contributed by atoms with E-state index in [0.29, 0.717) is 6.07 Å². The SMILES string of the molecule is Cc1c(F)cc(F)c(N)c1OCC(=O)O. The topological polar surface area (TPSA) is 72.5 Å². The highest BCUT2D eigenvalue weighted by atomic mass is 19.1. The van der Waals surface area contributed by atoms with Gasteiger partial charge < -0.3 is 15.6 Å². The van der Waals surface area contributed by atoms with Crippen molar-refractivity contribution in [3.63, 3.8) is 0 Å². The quantitative estimate of drug-likeness (QED) is 0.749. The summed E-state index contributed by atoms with van der Waals surface area (Å²) in [7, 11) is 0. The number of ether oxygens (including phenoxy) is 1. The van der Waals surface area contributed by atoms with Crippen molar-refractivity contribution in [1.29, 1.82) is 0 Å².